The molecule has 0 fully saturated rings. The molecule has 168 valence electrons. The molecule has 0 aliphatic carbocycles. The smallest absolute Gasteiger partial charge is 0.407 e. The number of nitrogens with one attached hydrogen (secondary N) is 2. The number of carbonyl (C=O) groups is 3. The maximum atomic E-state index is 12.4. The summed E-state index contributed by atoms with van der Waals surface area (Å²) in [4.78, 5) is 41.5. The number of carboxylic acid groups (broad SMARTS) is 1. The number of hydrogen-bond donors (Lipinski definition) is 3. The Balaban J connectivity index is 2.08. The highest BCUT2D eigenvalue weighted by atomic mass is 16.5. The van der Waals surface area contributed by atoms with Crippen LogP contribution in [-0.4, -0.2) is 57.6 Å². The van der Waals surface area contributed by atoms with Crippen LogP contribution < -0.4 is 15.4 Å². The fraction of sp³-hybridized carbons (Fsp3) is 0.429. The van der Waals surface area contributed by atoms with Gasteiger partial charge in [0.05, 0.1) is 24.4 Å². The Morgan fingerprint density at radius 2 is 1.84 bits per heavy atom. The van der Waals surface area contributed by atoms with Gasteiger partial charge in [0.1, 0.15) is 5.75 Å². The topological polar surface area (TPSA) is 134 Å². The highest BCUT2D eigenvalue weighted by Gasteiger charge is 2.34. The average Bonchev–Trinajstić information content (AvgIpc) is 3.19. The number of hydrogen-bond acceptors (Lipinski definition) is 6. The predicted molar refractivity (Wildman–Crippen MR) is 114 cm³/mol. The molecule has 0 aliphatic rings. The van der Waals surface area contributed by atoms with E-state index >= 15 is 0 Å². The lowest BCUT2D eigenvalue weighted by Gasteiger charge is -2.39. The number of carbonyl (C=O) groups excluding carboxylic acids is 2. The number of methoxy groups -OCH3 is 1. The zero-order valence-corrected chi connectivity index (χ0v) is 18.5. The van der Waals surface area contributed by atoms with Gasteiger partial charge in [0.15, 0.2) is 12.2 Å². The molecule has 31 heavy (non-hydrogen) atoms. The first-order valence-electron chi connectivity index (χ1n) is 9.55. The highest BCUT2D eigenvalue weighted by molar-refractivity contribution is 6.39. The Kier molecular flexibility index (Phi) is 6.94. The molecule has 0 unspecified atom stereocenters. The zero-order chi connectivity index (χ0) is 23.4. The number of nitrogens with zero attached hydrogens (tertiary/aromatic N) is 2. The van der Waals surface area contributed by atoms with E-state index in [-0.39, 0.29) is 6.54 Å². The van der Waals surface area contributed by atoms with Crippen LogP contribution in [0.4, 0.5) is 10.5 Å². The molecule has 10 nitrogen and oxygen atoms in total. The predicted octanol–water partition coefficient (Wildman–Crippen LogP) is 2.96. The molecule has 3 amide bonds. The third kappa shape index (κ3) is 6.21. The van der Waals surface area contributed by atoms with Crippen LogP contribution in [0.2, 0.25) is 0 Å². The minimum absolute atomic E-state index is 0.00452. The van der Waals surface area contributed by atoms with Crippen molar-refractivity contribution in [2.45, 2.75) is 45.7 Å². The molecular formula is C21H28N4O6. The number of oxazole rings is 1. The number of ether oxygens (including phenoxy) is 1. The number of amides is 3. The molecule has 1 aromatic heterocycles. The summed E-state index contributed by atoms with van der Waals surface area (Å²) < 4.78 is 10.6. The van der Waals surface area contributed by atoms with E-state index in [1.807, 2.05) is 0 Å². The monoisotopic (exact) mass is 432 g/mol. The second kappa shape index (κ2) is 9.07. The minimum Gasteiger partial charge on any atom is -0.496 e. The summed E-state index contributed by atoms with van der Waals surface area (Å²) in [7, 11) is 1.47. The Labute approximate surface area is 180 Å². The van der Waals surface area contributed by atoms with E-state index in [1.165, 1.54) is 24.6 Å². The van der Waals surface area contributed by atoms with Gasteiger partial charge in [-0.3, -0.25) is 9.59 Å². The van der Waals surface area contributed by atoms with Crippen LogP contribution in [0.5, 0.6) is 5.75 Å². The lowest BCUT2D eigenvalue weighted by molar-refractivity contribution is -0.137. The summed E-state index contributed by atoms with van der Waals surface area (Å²) in [5.74, 6) is -0.851. The Bertz CT molecular complexity index is 947. The summed E-state index contributed by atoms with van der Waals surface area (Å²) >= 11 is 0. The number of aromatic nitrogens is 1. The van der Waals surface area contributed by atoms with Crippen molar-refractivity contribution in [1.82, 2.24) is 15.2 Å². The Morgan fingerprint density at radius 1 is 1.16 bits per heavy atom. The minimum atomic E-state index is -1.11. The van der Waals surface area contributed by atoms with Crippen LogP contribution in [0, 0.1) is 0 Å². The lowest BCUT2D eigenvalue weighted by Crippen LogP contribution is -2.58. The molecular weight excluding hydrogens is 404 g/mol. The molecule has 0 aliphatic heterocycles. The molecule has 0 saturated heterocycles. The van der Waals surface area contributed by atoms with Crippen molar-refractivity contribution in [2.75, 3.05) is 19.0 Å². The first-order valence-corrected chi connectivity index (χ1v) is 9.55. The van der Waals surface area contributed by atoms with Gasteiger partial charge in [0.25, 0.3) is 0 Å². The molecule has 2 rings (SSSR count). The van der Waals surface area contributed by atoms with Crippen LogP contribution in [-0.2, 0) is 9.59 Å². The van der Waals surface area contributed by atoms with Gasteiger partial charge in [0, 0.05) is 23.8 Å². The number of benzene rings is 1. The molecule has 3 N–H and O–H groups in total. The maximum Gasteiger partial charge on any atom is 0.407 e. The summed E-state index contributed by atoms with van der Waals surface area (Å²) in [5, 5.41) is 14.6. The third-order valence-corrected chi connectivity index (χ3v) is 4.41. The largest absolute Gasteiger partial charge is 0.496 e. The fourth-order valence-corrected chi connectivity index (χ4v) is 2.90. The Hall–Kier alpha value is -3.56. The second-order valence-electron chi connectivity index (χ2n) is 8.61. The van der Waals surface area contributed by atoms with Gasteiger partial charge in [-0.1, -0.05) is 0 Å². The molecule has 1 aromatic carbocycles. The summed E-state index contributed by atoms with van der Waals surface area (Å²) in [5.41, 5.74) is -0.661. The van der Waals surface area contributed by atoms with Crippen molar-refractivity contribution >= 4 is 23.6 Å². The molecule has 2 aromatic rings. The SMILES string of the molecule is COc1cc(NC(=O)C(=O)NC(C)(C)CN(C(=O)O)C(C)(C)C)ccc1-c1cnco1. The van der Waals surface area contributed by atoms with E-state index in [1.54, 1.807) is 52.8 Å². The van der Waals surface area contributed by atoms with Crippen LogP contribution in [0.15, 0.2) is 35.2 Å². The molecule has 0 spiro atoms. The molecule has 10 heteroatoms. The molecule has 0 radical (unpaired) electrons. The van der Waals surface area contributed by atoms with E-state index in [4.69, 9.17) is 9.15 Å². The van der Waals surface area contributed by atoms with Gasteiger partial charge in [-0.25, -0.2) is 9.78 Å². The van der Waals surface area contributed by atoms with Crippen LogP contribution >= 0.6 is 0 Å². The van der Waals surface area contributed by atoms with Crippen molar-refractivity contribution in [3.63, 3.8) is 0 Å². The normalized spacial score (nSPS) is 11.5. The van der Waals surface area contributed by atoms with Crippen LogP contribution in [0.3, 0.4) is 0 Å². The van der Waals surface area contributed by atoms with E-state index in [0.717, 1.165) is 0 Å². The summed E-state index contributed by atoms with van der Waals surface area (Å²) in [6, 6.07) is 4.83. The van der Waals surface area contributed by atoms with Crippen molar-refractivity contribution < 1.29 is 28.6 Å². The van der Waals surface area contributed by atoms with Crippen molar-refractivity contribution in [3.8, 4) is 17.1 Å². The van der Waals surface area contributed by atoms with Crippen LogP contribution in [0.25, 0.3) is 11.3 Å². The summed E-state index contributed by atoms with van der Waals surface area (Å²) in [6.07, 6.45) is 1.71. The van der Waals surface area contributed by atoms with E-state index in [9.17, 15) is 19.5 Å². The van der Waals surface area contributed by atoms with Gasteiger partial charge in [-0.2, -0.15) is 0 Å². The summed E-state index contributed by atoms with van der Waals surface area (Å²) in [6.45, 7) is 8.55. The zero-order valence-electron chi connectivity index (χ0n) is 18.5. The lowest BCUT2D eigenvalue weighted by atomic mass is 9.99. The fourth-order valence-electron chi connectivity index (χ4n) is 2.90. The van der Waals surface area contributed by atoms with Gasteiger partial charge >= 0.3 is 17.9 Å². The van der Waals surface area contributed by atoms with E-state index in [0.29, 0.717) is 22.8 Å². The van der Waals surface area contributed by atoms with Crippen LogP contribution in [0.1, 0.15) is 34.6 Å². The van der Waals surface area contributed by atoms with Crippen molar-refractivity contribution in [2.24, 2.45) is 0 Å². The maximum absolute atomic E-state index is 12.4. The van der Waals surface area contributed by atoms with Gasteiger partial charge in [0.2, 0.25) is 0 Å². The average molecular weight is 432 g/mol. The number of rotatable bonds is 6. The quantitative estimate of drug-likeness (QED) is 0.597. The second-order valence-corrected chi connectivity index (χ2v) is 8.61. The van der Waals surface area contributed by atoms with E-state index in [2.05, 4.69) is 15.6 Å². The first-order chi connectivity index (χ1) is 14.3. The third-order valence-electron chi connectivity index (χ3n) is 4.41. The van der Waals surface area contributed by atoms with Crippen molar-refractivity contribution in [3.05, 3.63) is 30.8 Å². The molecule has 0 bridgehead atoms. The number of anilines is 1. The van der Waals surface area contributed by atoms with Gasteiger partial charge < -0.3 is 29.8 Å². The first kappa shape index (κ1) is 23.7. The molecule has 0 atom stereocenters. The Morgan fingerprint density at radius 3 is 2.35 bits per heavy atom. The van der Waals surface area contributed by atoms with Gasteiger partial charge in [-0.05, 0) is 46.8 Å². The standard InChI is InChI=1S/C21H28N4O6/c1-20(2,3)25(19(28)29)11-21(4,5)24-18(27)17(26)23-13-7-8-14(15(9-13)30-6)16-10-22-12-31-16/h7-10,12H,11H2,1-6H3,(H,23,26)(H,24,27)(H,28,29). The highest BCUT2D eigenvalue weighted by Crippen LogP contribution is 2.32. The molecule has 0 saturated carbocycles. The van der Waals surface area contributed by atoms with Gasteiger partial charge in [-0.15, -0.1) is 0 Å². The van der Waals surface area contributed by atoms with Crippen molar-refractivity contribution in [1.29, 1.82) is 0 Å². The molecule has 1 heterocycles. The van der Waals surface area contributed by atoms with E-state index < -0.39 is 29.0 Å².